The van der Waals surface area contributed by atoms with Crippen molar-refractivity contribution in [3.05, 3.63) is 41.1 Å². The minimum atomic E-state index is -0.209. The Labute approximate surface area is 123 Å². The molecule has 0 saturated heterocycles. The van der Waals surface area contributed by atoms with Gasteiger partial charge in [0.2, 0.25) is 0 Å². The summed E-state index contributed by atoms with van der Waals surface area (Å²) in [5.41, 5.74) is 4.42. The van der Waals surface area contributed by atoms with Crippen molar-refractivity contribution in [1.82, 2.24) is 4.98 Å². The molecule has 0 bridgehead atoms. The van der Waals surface area contributed by atoms with E-state index in [2.05, 4.69) is 11.1 Å². The third-order valence-corrected chi connectivity index (χ3v) is 3.89. The number of rotatable bonds is 3. The lowest BCUT2D eigenvalue weighted by molar-refractivity contribution is -0.138. The van der Waals surface area contributed by atoms with Gasteiger partial charge < -0.3 is 9.72 Å². The van der Waals surface area contributed by atoms with Crippen LogP contribution in [0, 0.1) is 11.3 Å². The predicted octanol–water partition coefficient (Wildman–Crippen LogP) is 3.54. The number of carbonyl (C=O) groups is 1. The monoisotopic (exact) mass is 280 g/mol. The normalized spacial score (nSPS) is 14.5. The van der Waals surface area contributed by atoms with Crippen LogP contribution in [0.15, 0.2) is 30.0 Å². The number of H-pyrrole nitrogens is 1. The number of nitrogens with zero attached hydrogens (tertiary/aromatic N) is 1. The lowest BCUT2D eigenvalue weighted by atomic mass is 9.99. The van der Waals surface area contributed by atoms with Crippen LogP contribution in [0.1, 0.15) is 37.3 Å². The summed E-state index contributed by atoms with van der Waals surface area (Å²) in [5, 5.41) is 10.0. The van der Waals surface area contributed by atoms with Gasteiger partial charge in [0, 0.05) is 22.7 Å². The second kappa shape index (κ2) is 5.45. The lowest BCUT2D eigenvalue weighted by Crippen LogP contribution is -2.07. The summed E-state index contributed by atoms with van der Waals surface area (Å²) < 4.78 is 5.14. The molecule has 0 saturated carbocycles. The molecule has 1 N–H and O–H groups in total. The SMILES string of the molecule is CCOC(=O)C1=C(c2ccc3[nH]cc(C#N)c3c2)CCC1. The number of hydrogen-bond acceptors (Lipinski definition) is 3. The number of fused-ring (bicyclic) bond motifs is 1. The zero-order valence-electron chi connectivity index (χ0n) is 11.9. The number of ether oxygens (including phenoxy) is 1. The highest BCUT2D eigenvalue weighted by molar-refractivity contribution is 6.00. The number of hydrogen-bond donors (Lipinski definition) is 1. The van der Waals surface area contributed by atoms with E-state index in [-0.39, 0.29) is 5.97 Å². The molecule has 3 rings (SSSR count). The van der Waals surface area contributed by atoms with Crippen molar-refractivity contribution in [3.8, 4) is 6.07 Å². The maximum absolute atomic E-state index is 12.0. The van der Waals surface area contributed by atoms with E-state index in [9.17, 15) is 4.79 Å². The van der Waals surface area contributed by atoms with Gasteiger partial charge in [0.15, 0.2) is 0 Å². The third-order valence-electron chi connectivity index (χ3n) is 3.89. The van der Waals surface area contributed by atoms with E-state index in [1.165, 1.54) is 0 Å². The van der Waals surface area contributed by atoms with Crippen LogP contribution in [-0.4, -0.2) is 17.6 Å². The second-order valence-electron chi connectivity index (χ2n) is 5.11. The lowest BCUT2D eigenvalue weighted by Gasteiger charge is -2.08. The molecule has 1 heterocycles. The highest BCUT2D eigenvalue weighted by Crippen LogP contribution is 2.36. The molecular formula is C17H16N2O2. The van der Waals surface area contributed by atoms with Gasteiger partial charge in [-0.25, -0.2) is 4.79 Å². The number of carbonyl (C=O) groups excluding carboxylic acids is 1. The Bertz CT molecular complexity index is 778. The van der Waals surface area contributed by atoms with Gasteiger partial charge >= 0.3 is 5.97 Å². The van der Waals surface area contributed by atoms with Crippen molar-refractivity contribution in [2.45, 2.75) is 26.2 Å². The van der Waals surface area contributed by atoms with Crippen molar-refractivity contribution >= 4 is 22.4 Å². The van der Waals surface area contributed by atoms with E-state index in [1.54, 1.807) is 6.20 Å². The molecule has 0 atom stereocenters. The Morgan fingerprint density at radius 1 is 1.43 bits per heavy atom. The molecule has 0 aliphatic heterocycles. The van der Waals surface area contributed by atoms with Gasteiger partial charge in [-0.1, -0.05) is 6.07 Å². The minimum Gasteiger partial charge on any atom is -0.463 e. The van der Waals surface area contributed by atoms with Crippen LogP contribution >= 0.6 is 0 Å². The molecule has 1 aliphatic carbocycles. The maximum Gasteiger partial charge on any atom is 0.334 e. The molecule has 0 unspecified atom stereocenters. The second-order valence-corrected chi connectivity index (χ2v) is 5.11. The van der Waals surface area contributed by atoms with Crippen molar-refractivity contribution in [2.24, 2.45) is 0 Å². The zero-order valence-corrected chi connectivity index (χ0v) is 11.9. The van der Waals surface area contributed by atoms with Gasteiger partial charge in [0.05, 0.1) is 12.2 Å². The summed E-state index contributed by atoms with van der Waals surface area (Å²) in [6.07, 6.45) is 4.33. The molecule has 106 valence electrons. The van der Waals surface area contributed by atoms with Crippen molar-refractivity contribution in [3.63, 3.8) is 0 Å². The van der Waals surface area contributed by atoms with Crippen molar-refractivity contribution < 1.29 is 9.53 Å². The molecule has 0 radical (unpaired) electrons. The molecule has 4 nitrogen and oxygen atoms in total. The Kier molecular flexibility index (Phi) is 3.49. The van der Waals surface area contributed by atoms with E-state index < -0.39 is 0 Å². The van der Waals surface area contributed by atoms with Gasteiger partial charge in [0.25, 0.3) is 0 Å². The van der Waals surface area contributed by atoms with Gasteiger partial charge in [-0.05, 0) is 49.5 Å². The van der Waals surface area contributed by atoms with Gasteiger partial charge in [0.1, 0.15) is 6.07 Å². The van der Waals surface area contributed by atoms with Crippen LogP contribution in [0.2, 0.25) is 0 Å². The predicted molar refractivity (Wildman–Crippen MR) is 80.4 cm³/mol. The summed E-state index contributed by atoms with van der Waals surface area (Å²) in [6, 6.07) is 8.13. The number of allylic oxidation sites excluding steroid dienone is 1. The van der Waals surface area contributed by atoms with E-state index >= 15 is 0 Å². The van der Waals surface area contributed by atoms with E-state index in [1.807, 2.05) is 25.1 Å². The Balaban J connectivity index is 2.08. The summed E-state index contributed by atoms with van der Waals surface area (Å²) in [6.45, 7) is 2.21. The number of aromatic nitrogens is 1. The van der Waals surface area contributed by atoms with Crippen molar-refractivity contribution in [2.75, 3.05) is 6.61 Å². The maximum atomic E-state index is 12.0. The first kappa shape index (κ1) is 13.4. The number of nitriles is 1. The van der Waals surface area contributed by atoms with Gasteiger partial charge in [-0.2, -0.15) is 5.26 Å². The largest absolute Gasteiger partial charge is 0.463 e. The highest BCUT2D eigenvalue weighted by atomic mass is 16.5. The molecule has 1 aliphatic rings. The van der Waals surface area contributed by atoms with Crippen LogP contribution in [0.4, 0.5) is 0 Å². The van der Waals surface area contributed by atoms with Crippen LogP contribution in [0.3, 0.4) is 0 Å². The fraction of sp³-hybridized carbons (Fsp3) is 0.294. The average Bonchev–Trinajstić information content (AvgIpc) is 3.13. The Hall–Kier alpha value is -2.54. The van der Waals surface area contributed by atoms with Gasteiger partial charge in [-0.15, -0.1) is 0 Å². The number of nitrogens with one attached hydrogen (secondary N) is 1. The van der Waals surface area contributed by atoms with Crippen LogP contribution in [0.25, 0.3) is 16.5 Å². The van der Waals surface area contributed by atoms with Crippen molar-refractivity contribution in [1.29, 1.82) is 5.26 Å². The Morgan fingerprint density at radius 2 is 2.29 bits per heavy atom. The standard InChI is InChI=1S/C17H16N2O2/c1-2-21-17(20)14-5-3-4-13(14)11-6-7-16-15(8-11)12(9-18)10-19-16/h6-8,10,19H,2-5H2,1H3. The van der Waals surface area contributed by atoms with Crippen LogP contribution in [-0.2, 0) is 9.53 Å². The minimum absolute atomic E-state index is 0.209. The summed E-state index contributed by atoms with van der Waals surface area (Å²) in [7, 11) is 0. The quantitative estimate of drug-likeness (QED) is 0.874. The molecule has 21 heavy (non-hydrogen) atoms. The van der Waals surface area contributed by atoms with Crippen LogP contribution < -0.4 is 0 Å². The molecule has 0 fully saturated rings. The van der Waals surface area contributed by atoms with Gasteiger partial charge in [-0.3, -0.25) is 0 Å². The van der Waals surface area contributed by atoms with Crippen LogP contribution in [0.5, 0.6) is 0 Å². The highest BCUT2D eigenvalue weighted by Gasteiger charge is 2.23. The fourth-order valence-corrected chi connectivity index (χ4v) is 2.91. The number of benzene rings is 1. The molecule has 0 amide bonds. The Morgan fingerprint density at radius 3 is 3.05 bits per heavy atom. The van der Waals surface area contributed by atoms with E-state index in [0.717, 1.165) is 46.9 Å². The first-order valence-corrected chi connectivity index (χ1v) is 7.15. The summed E-state index contributed by atoms with van der Waals surface area (Å²) in [5.74, 6) is -0.209. The molecule has 1 aromatic heterocycles. The number of aromatic amines is 1. The molecule has 0 spiro atoms. The first-order chi connectivity index (χ1) is 10.2. The zero-order chi connectivity index (χ0) is 14.8. The van der Waals surface area contributed by atoms with E-state index in [4.69, 9.17) is 10.00 Å². The van der Waals surface area contributed by atoms with E-state index in [0.29, 0.717) is 12.2 Å². The molecule has 1 aromatic carbocycles. The molecule has 2 aromatic rings. The topological polar surface area (TPSA) is 65.9 Å². The fourth-order valence-electron chi connectivity index (χ4n) is 2.91. The third kappa shape index (κ3) is 2.31. The molecule has 4 heteroatoms. The number of esters is 1. The summed E-state index contributed by atoms with van der Waals surface area (Å²) >= 11 is 0. The first-order valence-electron chi connectivity index (χ1n) is 7.15. The summed E-state index contributed by atoms with van der Waals surface area (Å²) in [4.78, 5) is 15.1. The average molecular weight is 280 g/mol. The molecular weight excluding hydrogens is 264 g/mol. The smallest absolute Gasteiger partial charge is 0.334 e.